The first kappa shape index (κ1) is 15.9. The molecule has 98 valence electrons. The first-order chi connectivity index (χ1) is 7.17. The second-order valence-electron chi connectivity index (χ2n) is 5.60. The molecule has 0 aliphatic heterocycles. The topological polar surface area (TPSA) is 46.2 Å². The molecule has 1 N–H and O–H groups in total. The van der Waals surface area contributed by atoms with Gasteiger partial charge in [-0.3, -0.25) is 0 Å². The van der Waals surface area contributed by atoms with E-state index in [4.69, 9.17) is 0 Å². The molecule has 3 nitrogen and oxygen atoms in total. The maximum absolute atomic E-state index is 11.4. The van der Waals surface area contributed by atoms with Crippen molar-refractivity contribution in [1.82, 2.24) is 5.32 Å². The van der Waals surface area contributed by atoms with Crippen molar-refractivity contribution in [2.24, 2.45) is 5.92 Å². The molecule has 0 aromatic heterocycles. The number of hydrogen-bond donors (Lipinski definition) is 1. The fraction of sp³-hybridized carbons (Fsp3) is 1.00. The van der Waals surface area contributed by atoms with Gasteiger partial charge in [0.15, 0.2) is 9.84 Å². The van der Waals surface area contributed by atoms with Crippen LogP contribution in [-0.2, 0) is 9.84 Å². The molecule has 0 fully saturated rings. The van der Waals surface area contributed by atoms with Crippen LogP contribution in [0.15, 0.2) is 0 Å². The molecule has 16 heavy (non-hydrogen) atoms. The van der Waals surface area contributed by atoms with Crippen molar-refractivity contribution >= 4 is 9.84 Å². The van der Waals surface area contributed by atoms with E-state index in [1.165, 1.54) is 19.1 Å². The minimum absolute atomic E-state index is 0.535. The minimum atomic E-state index is -2.97. The van der Waals surface area contributed by atoms with Crippen LogP contribution in [0.4, 0.5) is 0 Å². The molecule has 0 spiro atoms. The maximum Gasteiger partial charge on any atom is 0.153 e. The number of rotatable bonds is 8. The Labute approximate surface area is 101 Å². The second-order valence-corrected chi connectivity index (χ2v) is 8.25. The summed E-state index contributed by atoms with van der Waals surface area (Å²) in [6.45, 7) is 9.42. The van der Waals surface area contributed by atoms with Gasteiger partial charge in [-0.25, -0.2) is 8.42 Å². The zero-order chi connectivity index (χ0) is 12.8. The van der Waals surface area contributed by atoms with Crippen molar-refractivity contribution in [3.05, 3.63) is 0 Å². The van der Waals surface area contributed by atoms with E-state index in [2.05, 4.69) is 19.2 Å². The summed E-state index contributed by atoms with van der Waals surface area (Å²) in [4.78, 5) is 0. The van der Waals surface area contributed by atoms with Crippen LogP contribution in [0.5, 0.6) is 0 Å². The van der Waals surface area contributed by atoms with E-state index < -0.39 is 14.6 Å². The quantitative estimate of drug-likeness (QED) is 0.671. The smallest absolute Gasteiger partial charge is 0.153 e. The SMILES string of the molecule is CC(C)CCCCNCC(C)(C)S(C)(=O)=O. The monoisotopic (exact) mass is 249 g/mol. The number of nitrogens with one attached hydrogen (secondary N) is 1. The average molecular weight is 249 g/mol. The molecule has 0 amide bonds. The van der Waals surface area contributed by atoms with Gasteiger partial charge in [-0.2, -0.15) is 0 Å². The lowest BCUT2D eigenvalue weighted by molar-refractivity contribution is 0.494. The number of hydrogen-bond acceptors (Lipinski definition) is 3. The molecule has 0 saturated carbocycles. The number of unbranched alkanes of at least 4 members (excludes halogenated alkanes) is 1. The van der Waals surface area contributed by atoms with E-state index >= 15 is 0 Å². The van der Waals surface area contributed by atoms with Gasteiger partial charge in [0.25, 0.3) is 0 Å². The van der Waals surface area contributed by atoms with Crippen molar-refractivity contribution < 1.29 is 8.42 Å². The molecule has 0 aromatic rings. The Morgan fingerprint density at radius 3 is 2.19 bits per heavy atom. The highest BCUT2D eigenvalue weighted by atomic mass is 32.2. The first-order valence-corrected chi connectivity index (χ1v) is 7.96. The van der Waals surface area contributed by atoms with Gasteiger partial charge in [-0.15, -0.1) is 0 Å². The Morgan fingerprint density at radius 2 is 1.75 bits per heavy atom. The van der Waals surface area contributed by atoms with Crippen molar-refractivity contribution in [1.29, 1.82) is 0 Å². The molecular weight excluding hydrogens is 222 g/mol. The lowest BCUT2D eigenvalue weighted by atomic mass is 10.1. The van der Waals surface area contributed by atoms with Crippen LogP contribution < -0.4 is 5.32 Å². The summed E-state index contributed by atoms with van der Waals surface area (Å²) in [6, 6.07) is 0. The molecule has 0 atom stereocenters. The third kappa shape index (κ3) is 6.48. The van der Waals surface area contributed by atoms with E-state index in [-0.39, 0.29) is 0 Å². The first-order valence-electron chi connectivity index (χ1n) is 6.07. The van der Waals surface area contributed by atoms with Gasteiger partial charge < -0.3 is 5.32 Å². The molecular formula is C12H27NO2S. The minimum Gasteiger partial charge on any atom is -0.315 e. The van der Waals surface area contributed by atoms with Gasteiger partial charge in [0.05, 0.1) is 4.75 Å². The van der Waals surface area contributed by atoms with Gasteiger partial charge in [0.2, 0.25) is 0 Å². The van der Waals surface area contributed by atoms with E-state index in [1.807, 2.05) is 0 Å². The highest BCUT2D eigenvalue weighted by Gasteiger charge is 2.29. The molecule has 4 heteroatoms. The maximum atomic E-state index is 11.4. The zero-order valence-corrected chi connectivity index (χ0v) is 12.2. The van der Waals surface area contributed by atoms with Gasteiger partial charge in [0.1, 0.15) is 0 Å². The van der Waals surface area contributed by atoms with Gasteiger partial charge in [-0.05, 0) is 32.7 Å². The third-order valence-corrected chi connectivity index (χ3v) is 5.09. The third-order valence-electron chi connectivity index (χ3n) is 2.94. The molecule has 0 saturated heterocycles. The van der Waals surface area contributed by atoms with Crippen LogP contribution in [0.1, 0.15) is 47.0 Å². The Kier molecular flexibility index (Phi) is 6.56. The largest absolute Gasteiger partial charge is 0.315 e. The lowest BCUT2D eigenvalue weighted by Gasteiger charge is -2.22. The van der Waals surface area contributed by atoms with Crippen LogP contribution in [0, 0.1) is 5.92 Å². The van der Waals surface area contributed by atoms with Crippen LogP contribution in [0.3, 0.4) is 0 Å². The molecule has 0 aromatic carbocycles. The summed E-state index contributed by atoms with van der Waals surface area (Å²) in [7, 11) is -2.97. The van der Waals surface area contributed by atoms with E-state index in [9.17, 15) is 8.42 Å². The molecule has 0 bridgehead atoms. The summed E-state index contributed by atoms with van der Waals surface area (Å²) < 4.78 is 22.2. The highest BCUT2D eigenvalue weighted by molar-refractivity contribution is 7.92. The van der Waals surface area contributed by atoms with Crippen LogP contribution in [0.25, 0.3) is 0 Å². The molecule has 0 aliphatic carbocycles. The Morgan fingerprint density at radius 1 is 1.19 bits per heavy atom. The van der Waals surface area contributed by atoms with Crippen molar-refractivity contribution in [2.45, 2.75) is 51.7 Å². The predicted molar refractivity (Wildman–Crippen MR) is 70.5 cm³/mol. The van der Waals surface area contributed by atoms with E-state index in [1.54, 1.807) is 13.8 Å². The number of sulfone groups is 1. The Balaban J connectivity index is 3.67. The summed E-state index contributed by atoms with van der Waals surface area (Å²) in [5.74, 6) is 0.757. The standard InChI is InChI=1S/C12H27NO2S/c1-11(2)8-6-7-9-13-10-12(3,4)16(5,14)15/h11,13H,6-10H2,1-5H3. The zero-order valence-electron chi connectivity index (χ0n) is 11.3. The van der Waals surface area contributed by atoms with Crippen LogP contribution in [-0.4, -0.2) is 32.5 Å². The summed E-state index contributed by atoms with van der Waals surface area (Å²) >= 11 is 0. The summed E-state index contributed by atoms with van der Waals surface area (Å²) in [6.07, 6.45) is 4.88. The van der Waals surface area contributed by atoms with Crippen LogP contribution in [0.2, 0.25) is 0 Å². The van der Waals surface area contributed by atoms with Gasteiger partial charge in [0, 0.05) is 12.8 Å². The lowest BCUT2D eigenvalue weighted by Crippen LogP contribution is -2.41. The fourth-order valence-corrected chi connectivity index (χ4v) is 1.69. The summed E-state index contributed by atoms with van der Waals surface area (Å²) in [5.41, 5.74) is 0. The Bertz CT molecular complexity index is 281. The van der Waals surface area contributed by atoms with Crippen molar-refractivity contribution in [2.75, 3.05) is 19.3 Å². The van der Waals surface area contributed by atoms with Crippen LogP contribution >= 0.6 is 0 Å². The van der Waals surface area contributed by atoms with E-state index in [0.717, 1.165) is 18.9 Å². The Hall–Kier alpha value is -0.0900. The normalized spacial score (nSPS) is 13.4. The second kappa shape index (κ2) is 6.60. The average Bonchev–Trinajstić information content (AvgIpc) is 2.08. The summed E-state index contributed by atoms with van der Waals surface area (Å²) in [5, 5.41) is 3.23. The fourth-order valence-electron chi connectivity index (χ4n) is 1.32. The van der Waals surface area contributed by atoms with Gasteiger partial charge >= 0.3 is 0 Å². The molecule has 0 rings (SSSR count). The van der Waals surface area contributed by atoms with Crippen molar-refractivity contribution in [3.8, 4) is 0 Å². The van der Waals surface area contributed by atoms with Gasteiger partial charge in [-0.1, -0.05) is 26.7 Å². The predicted octanol–water partition coefficient (Wildman–Crippen LogP) is 2.23. The molecule has 0 heterocycles. The van der Waals surface area contributed by atoms with Crippen molar-refractivity contribution in [3.63, 3.8) is 0 Å². The molecule has 0 unspecified atom stereocenters. The molecule has 0 aliphatic rings. The molecule has 0 radical (unpaired) electrons. The van der Waals surface area contributed by atoms with E-state index in [0.29, 0.717) is 6.54 Å². The highest BCUT2D eigenvalue weighted by Crippen LogP contribution is 2.13.